The zero-order valence-corrected chi connectivity index (χ0v) is 9.90. The number of hydrogen-bond acceptors (Lipinski definition) is 1. The second-order valence-corrected chi connectivity index (χ2v) is 3.53. The second kappa shape index (κ2) is 8.72. The summed E-state index contributed by atoms with van der Waals surface area (Å²) in [6.07, 6.45) is 9.32. The first kappa shape index (κ1) is 14.4. The van der Waals surface area contributed by atoms with E-state index in [1.165, 1.54) is 6.08 Å². The first-order valence-corrected chi connectivity index (χ1v) is 5.47. The molecule has 0 saturated carbocycles. The third kappa shape index (κ3) is 4.78. The maximum atomic E-state index is 11.7. The SMILES string of the molecule is C=CCCC(CC=C)N(CC=C)C(=O)C=C. The van der Waals surface area contributed by atoms with Crippen molar-refractivity contribution in [2.24, 2.45) is 0 Å². The largest absolute Gasteiger partial charge is 0.332 e. The molecule has 0 aliphatic rings. The highest BCUT2D eigenvalue weighted by Crippen LogP contribution is 2.13. The summed E-state index contributed by atoms with van der Waals surface area (Å²) in [5.41, 5.74) is 0. The van der Waals surface area contributed by atoms with Gasteiger partial charge in [0.25, 0.3) is 0 Å². The monoisotopic (exact) mass is 219 g/mol. The Hall–Kier alpha value is -1.57. The van der Waals surface area contributed by atoms with Crippen molar-refractivity contribution in [2.45, 2.75) is 25.3 Å². The van der Waals surface area contributed by atoms with Crippen molar-refractivity contribution in [3.8, 4) is 0 Å². The number of amides is 1. The maximum Gasteiger partial charge on any atom is 0.246 e. The minimum Gasteiger partial charge on any atom is -0.332 e. The zero-order valence-electron chi connectivity index (χ0n) is 9.90. The molecule has 0 bridgehead atoms. The van der Waals surface area contributed by atoms with Gasteiger partial charge in [-0.2, -0.15) is 0 Å². The number of allylic oxidation sites excluding steroid dienone is 1. The highest BCUT2D eigenvalue weighted by molar-refractivity contribution is 5.87. The molecule has 2 nitrogen and oxygen atoms in total. The molecule has 0 aromatic rings. The van der Waals surface area contributed by atoms with E-state index in [0.29, 0.717) is 6.54 Å². The van der Waals surface area contributed by atoms with Crippen LogP contribution >= 0.6 is 0 Å². The van der Waals surface area contributed by atoms with Gasteiger partial charge in [-0.1, -0.05) is 24.8 Å². The summed E-state index contributed by atoms with van der Waals surface area (Å²) in [6, 6.07) is 0.152. The van der Waals surface area contributed by atoms with Crippen molar-refractivity contribution in [2.75, 3.05) is 6.54 Å². The fourth-order valence-corrected chi connectivity index (χ4v) is 1.58. The minimum absolute atomic E-state index is 0.0594. The number of hydrogen-bond donors (Lipinski definition) is 0. The molecule has 0 aliphatic carbocycles. The molecule has 0 aromatic carbocycles. The molecule has 1 unspecified atom stereocenters. The van der Waals surface area contributed by atoms with Gasteiger partial charge in [-0.05, 0) is 25.3 Å². The number of carbonyl (C=O) groups excluding carboxylic acids is 1. The third-order valence-corrected chi connectivity index (χ3v) is 2.37. The predicted molar refractivity (Wildman–Crippen MR) is 70.1 cm³/mol. The summed E-state index contributed by atoms with van der Waals surface area (Å²) in [6.45, 7) is 15.1. The lowest BCUT2D eigenvalue weighted by Crippen LogP contribution is -2.39. The van der Waals surface area contributed by atoms with Gasteiger partial charge in [-0.3, -0.25) is 4.79 Å². The topological polar surface area (TPSA) is 20.3 Å². The fourth-order valence-electron chi connectivity index (χ4n) is 1.58. The van der Waals surface area contributed by atoms with Crippen LogP contribution in [0.4, 0.5) is 0 Å². The lowest BCUT2D eigenvalue weighted by atomic mass is 10.1. The van der Waals surface area contributed by atoms with Crippen LogP contribution in [0.2, 0.25) is 0 Å². The predicted octanol–water partition coefficient (Wildman–Crippen LogP) is 3.10. The third-order valence-electron chi connectivity index (χ3n) is 2.37. The molecule has 2 heteroatoms. The van der Waals surface area contributed by atoms with Crippen LogP contribution in [-0.4, -0.2) is 23.4 Å². The minimum atomic E-state index is -0.0594. The van der Waals surface area contributed by atoms with Gasteiger partial charge in [0.1, 0.15) is 0 Å². The van der Waals surface area contributed by atoms with E-state index in [9.17, 15) is 4.79 Å². The van der Waals surface area contributed by atoms with Crippen LogP contribution in [0, 0.1) is 0 Å². The van der Waals surface area contributed by atoms with Gasteiger partial charge >= 0.3 is 0 Å². The molecular formula is C14H21NO. The van der Waals surface area contributed by atoms with Gasteiger partial charge in [0.2, 0.25) is 5.91 Å². The number of rotatable bonds is 9. The van der Waals surface area contributed by atoms with Crippen molar-refractivity contribution in [3.05, 3.63) is 50.6 Å². The Labute approximate surface area is 98.6 Å². The molecule has 0 heterocycles. The lowest BCUT2D eigenvalue weighted by Gasteiger charge is -2.29. The van der Waals surface area contributed by atoms with Gasteiger partial charge in [-0.25, -0.2) is 0 Å². The Morgan fingerprint density at radius 2 is 1.81 bits per heavy atom. The summed E-state index contributed by atoms with van der Waals surface area (Å²) >= 11 is 0. The molecule has 1 amide bonds. The van der Waals surface area contributed by atoms with Crippen molar-refractivity contribution in [3.63, 3.8) is 0 Å². The molecule has 0 radical (unpaired) electrons. The van der Waals surface area contributed by atoms with E-state index in [-0.39, 0.29) is 11.9 Å². The van der Waals surface area contributed by atoms with Gasteiger partial charge in [-0.15, -0.1) is 19.7 Å². The van der Waals surface area contributed by atoms with Crippen LogP contribution in [0.25, 0.3) is 0 Å². The first-order chi connectivity index (χ1) is 7.71. The van der Waals surface area contributed by atoms with Gasteiger partial charge in [0.15, 0.2) is 0 Å². The summed E-state index contributed by atoms with van der Waals surface area (Å²) in [7, 11) is 0. The molecule has 0 fully saturated rings. The zero-order chi connectivity index (χ0) is 12.4. The molecular weight excluding hydrogens is 198 g/mol. The molecule has 88 valence electrons. The van der Waals surface area contributed by atoms with E-state index in [1.54, 1.807) is 11.0 Å². The highest BCUT2D eigenvalue weighted by atomic mass is 16.2. The number of nitrogens with zero attached hydrogens (tertiary/aromatic N) is 1. The molecule has 1 atom stereocenters. The van der Waals surface area contributed by atoms with Crippen molar-refractivity contribution >= 4 is 5.91 Å². The quantitative estimate of drug-likeness (QED) is 0.431. The molecule has 0 aliphatic heterocycles. The van der Waals surface area contributed by atoms with Crippen LogP contribution < -0.4 is 0 Å². The van der Waals surface area contributed by atoms with Crippen molar-refractivity contribution in [1.29, 1.82) is 0 Å². The number of carbonyl (C=O) groups is 1. The lowest BCUT2D eigenvalue weighted by molar-refractivity contribution is -0.127. The first-order valence-electron chi connectivity index (χ1n) is 5.47. The van der Waals surface area contributed by atoms with Gasteiger partial charge in [0, 0.05) is 12.6 Å². The van der Waals surface area contributed by atoms with E-state index in [2.05, 4.69) is 26.3 Å². The average Bonchev–Trinajstić information content (AvgIpc) is 2.31. The summed E-state index contributed by atoms with van der Waals surface area (Å²) in [5, 5.41) is 0. The smallest absolute Gasteiger partial charge is 0.246 e. The fraction of sp³-hybridized carbons (Fsp3) is 0.357. The molecule has 16 heavy (non-hydrogen) atoms. The van der Waals surface area contributed by atoms with Crippen molar-refractivity contribution < 1.29 is 4.79 Å². The van der Waals surface area contributed by atoms with Gasteiger partial charge < -0.3 is 4.90 Å². The summed E-state index contributed by atoms with van der Waals surface area (Å²) in [5.74, 6) is -0.0594. The normalized spacial score (nSPS) is 11.2. The van der Waals surface area contributed by atoms with Gasteiger partial charge in [0.05, 0.1) is 0 Å². The Morgan fingerprint density at radius 3 is 2.25 bits per heavy atom. The van der Waals surface area contributed by atoms with E-state index < -0.39 is 0 Å². The Balaban J connectivity index is 4.67. The van der Waals surface area contributed by atoms with Crippen LogP contribution in [0.3, 0.4) is 0 Å². The Kier molecular flexibility index (Phi) is 7.86. The molecule has 0 N–H and O–H groups in total. The highest BCUT2D eigenvalue weighted by Gasteiger charge is 2.18. The summed E-state index contributed by atoms with van der Waals surface area (Å²) in [4.78, 5) is 13.5. The molecule has 0 rings (SSSR count). The van der Waals surface area contributed by atoms with Crippen molar-refractivity contribution in [1.82, 2.24) is 4.90 Å². The molecule has 0 saturated heterocycles. The molecule has 0 aromatic heterocycles. The van der Waals surface area contributed by atoms with E-state index in [4.69, 9.17) is 0 Å². The molecule has 0 spiro atoms. The van der Waals surface area contributed by atoms with Crippen LogP contribution in [-0.2, 0) is 4.79 Å². The van der Waals surface area contributed by atoms with Crippen LogP contribution in [0.1, 0.15) is 19.3 Å². The Morgan fingerprint density at radius 1 is 1.12 bits per heavy atom. The maximum absolute atomic E-state index is 11.7. The Bertz CT molecular complexity index is 268. The van der Waals surface area contributed by atoms with E-state index in [1.807, 2.05) is 12.2 Å². The average molecular weight is 219 g/mol. The van der Waals surface area contributed by atoms with E-state index in [0.717, 1.165) is 19.3 Å². The second-order valence-electron chi connectivity index (χ2n) is 3.53. The van der Waals surface area contributed by atoms with E-state index >= 15 is 0 Å². The van der Waals surface area contributed by atoms with Crippen LogP contribution in [0.5, 0.6) is 0 Å². The standard InChI is InChI=1S/C14H21NO/c1-5-9-11-13(10-6-2)15(12-7-3)14(16)8-4/h5-8,13H,1-4,9-12H2. The summed E-state index contributed by atoms with van der Waals surface area (Å²) < 4.78 is 0. The van der Waals surface area contributed by atoms with Crippen LogP contribution in [0.15, 0.2) is 50.6 Å².